The zero-order chi connectivity index (χ0) is 31.4. The van der Waals surface area contributed by atoms with E-state index in [9.17, 15) is 41.2 Å². The number of carbonyl (C=O) groups is 3. The first kappa shape index (κ1) is 30.6. The number of nitrogens with two attached hydrogens (primary N) is 1. The lowest BCUT2D eigenvalue weighted by molar-refractivity contribution is -0.153. The highest BCUT2D eigenvalue weighted by molar-refractivity contribution is 7.92. The normalized spacial score (nSPS) is 21.9. The Balaban J connectivity index is 1.43. The summed E-state index contributed by atoms with van der Waals surface area (Å²) in [7, 11) is -4.30. The number of carbonyl (C=O) groups excluding carboxylic acids is 3. The molecule has 3 aliphatic rings. The van der Waals surface area contributed by atoms with Gasteiger partial charge in [0.1, 0.15) is 17.3 Å². The van der Waals surface area contributed by atoms with Gasteiger partial charge in [-0.3, -0.25) is 14.4 Å². The molecule has 2 atom stereocenters. The van der Waals surface area contributed by atoms with E-state index in [2.05, 4.69) is 10.1 Å². The number of alkyl halides is 3. The van der Waals surface area contributed by atoms with Crippen LogP contribution in [0.15, 0.2) is 47.4 Å². The second kappa shape index (κ2) is 10.7. The Morgan fingerprint density at radius 1 is 1.12 bits per heavy atom. The molecule has 3 N–H and O–H groups in total. The van der Waals surface area contributed by atoms with E-state index in [0.717, 1.165) is 18.2 Å². The molecule has 1 aliphatic heterocycles. The van der Waals surface area contributed by atoms with Crippen molar-refractivity contribution in [2.45, 2.75) is 65.4 Å². The highest BCUT2D eigenvalue weighted by atomic mass is 35.5. The number of amides is 3. The molecule has 10 nitrogen and oxygen atoms in total. The lowest BCUT2D eigenvalue weighted by atomic mass is 9.93. The van der Waals surface area contributed by atoms with Crippen LogP contribution in [0.2, 0.25) is 5.02 Å². The standard InChI is InChI=1S/C28H26ClF3N4O6S/c29-20-11-18(42-15-28(30,31)32)5-6-22(20)43(40,41)19-12-21(24(38)35-26(14-33)7-8-26)36(13-19)25(39)27(9-10-27)17-3-1-16(2-4-17)23(34)37/h1-6,11,19,21H,7-10,12-13,15H2,(H2,34,37)(H,35,38). The van der Waals surface area contributed by atoms with Crippen molar-refractivity contribution in [3.63, 3.8) is 0 Å². The predicted octanol–water partition coefficient (Wildman–Crippen LogP) is 3.03. The van der Waals surface area contributed by atoms with Gasteiger partial charge in [0.2, 0.25) is 17.7 Å². The van der Waals surface area contributed by atoms with E-state index in [1.807, 2.05) is 6.07 Å². The maximum Gasteiger partial charge on any atom is 0.422 e. The van der Waals surface area contributed by atoms with Crippen molar-refractivity contribution in [3.05, 3.63) is 58.6 Å². The molecule has 1 heterocycles. The number of nitrogens with zero attached hydrogens (tertiary/aromatic N) is 2. The topological polar surface area (TPSA) is 160 Å². The first-order valence-electron chi connectivity index (χ1n) is 13.3. The average molecular weight is 639 g/mol. The third-order valence-corrected chi connectivity index (χ3v) is 10.7. The minimum absolute atomic E-state index is 0.245. The predicted molar refractivity (Wildman–Crippen MR) is 146 cm³/mol. The average Bonchev–Trinajstić information content (AvgIpc) is 3.87. The van der Waals surface area contributed by atoms with E-state index in [1.54, 1.807) is 12.1 Å². The number of hydrogen-bond donors (Lipinski definition) is 2. The van der Waals surface area contributed by atoms with E-state index in [-0.39, 0.29) is 34.2 Å². The van der Waals surface area contributed by atoms with Crippen LogP contribution in [0.25, 0.3) is 0 Å². The van der Waals surface area contributed by atoms with Crippen LogP contribution in [0.3, 0.4) is 0 Å². The minimum Gasteiger partial charge on any atom is -0.484 e. The van der Waals surface area contributed by atoms with Crippen LogP contribution in [0.5, 0.6) is 5.75 Å². The summed E-state index contributed by atoms with van der Waals surface area (Å²) in [5.41, 5.74) is 4.05. The molecule has 2 aromatic carbocycles. The van der Waals surface area contributed by atoms with Crippen molar-refractivity contribution in [2.24, 2.45) is 5.73 Å². The van der Waals surface area contributed by atoms with Gasteiger partial charge >= 0.3 is 6.18 Å². The maximum atomic E-state index is 14.0. The van der Waals surface area contributed by atoms with E-state index < -0.39 is 62.6 Å². The molecule has 1 saturated heterocycles. The number of rotatable bonds is 9. The molecule has 2 saturated carbocycles. The van der Waals surface area contributed by atoms with Gasteiger partial charge in [-0.2, -0.15) is 18.4 Å². The lowest BCUT2D eigenvalue weighted by Crippen LogP contribution is -2.51. The number of benzene rings is 2. The van der Waals surface area contributed by atoms with Crippen LogP contribution in [0.1, 0.15) is 48.0 Å². The molecule has 2 aromatic rings. The van der Waals surface area contributed by atoms with Crippen molar-refractivity contribution in [3.8, 4) is 11.8 Å². The summed E-state index contributed by atoms with van der Waals surface area (Å²) in [5.74, 6) is -2.06. The van der Waals surface area contributed by atoms with Gasteiger partial charge in [0.05, 0.1) is 26.7 Å². The Morgan fingerprint density at radius 2 is 1.77 bits per heavy atom. The van der Waals surface area contributed by atoms with Crippen molar-refractivity contribution < 1.29 is 40.7 Å². The number of nitriles is 1. The number of sulfone groups is 1. The summed E-state index contributed by atoms with van der Waals surface area (Å²) in [5, 5.41) is 10.5. The fourth-order valence-corrected chi connectivity index (χ4v) is 7.56. The second-order valence-corrected chi connectivity index (χ2v) is 13.7. The Labute approximate surface area is 249 Å². The molecule has 3 fully saturated rings. The molecular formula is C28H26ClF3N4O6S. The molecule has 2 aliphatic carbocycles. The van der Waals surface area contributed by atoms with Gasteiger partial charge in [0.15, 0.2) is 16.4 Å². The summed E-state index contributed by atoms with van der Waals surface area (Å²) >= 11 is 6.18. The third kappa shape index (κ3) is 6.01. The fourth-order valence-electron chi connectivity index (χ4n) is 5.33. The molecule has 2 unspecified atom stereocenters. The van der Waals surface area contributed by atoms with Gasteiger partial charge in [-0.05, 0) is 61.9 Å². The van der Waals surface area contributed by atoms with Crippen LogP contribution < -0.4 is 15.8 Å². The molecular weight excluding hydrogens is 613 g/mol. The molecule has 0 spiro atoms. The smallest absolute Gasteiger partial charge is 0.422 e. The van der Waals surface area contributed by atoms with E-state index in [1.165, 1.54) is 17.0 Å². The summed E-state index contributed by atoms with van der Waals surface area (Å²) in [6.45, 7) is -1.95. The van der Waals surface area contributed by atoms with E-state index in [4.69, 9.17) is 17.3 Å². The highest BCUT2D eigenvalue weighted by Gasteiger charge is 2.58. The van der Waals surface area contributed by atoms with E-state index in [0.29, 0.717) is 31.2 Å². The van der Waals surface area contributed by atoms with Crippen molar-refractivity contribution in [2.75, 3.05) is 13.2 Å². The number of primary amides is 1. The molecule has 0 radical (unpaired) electrons. The van der Waals surface area contributed by atoms with Crippen molar-refractivity contribution in [1.82, 2.24) is 10.2 Å². The van der Waals surface area contributed by atoms with Crippen LogP contribution in [-0.4, -0.2) is 67.2 Å². The quantitative estimate of drug-likeness (QED) is 0.427. The fraction of sp³-hybridized carbons (Fsp3) is 0.429. The van der Waals surface area contributed by atoms with Crippen LogP contribution in [-0.2, 0) is 24.8 Å². The molecule has 3 amide bonds. The maximum absolute atomic E-state index is 14.0. The lowest BCUT2D eigenvalue weighted by Gasteiger charge is -2.29. The molecule has 15 heteroatoms. The van der Waals surface area contributed by atoms with Crippen LogP contribution in [0, 0.1) is 11.3 Å². The monoisotopic (exact) mass is 638 g/mol. The Kier molecular flexibility index (Phi) is 7.63. The first-order valence-corrected chi connectivity index (χ1v) is 15.2. The molecule has 228 valence electrons. The second-order valence-electron chi connectivity index (χ2n) is 11.1. The number of nitrogens with one attached hydrogen (secondary N) is 1. The zero-order valence-electron chi connectivity index (χ0n) is 22.5. The van der Waals surface area contributed by atoms with E-state index >= 15 is 0 Å². The van der Waals surface area contributed by atoms with Crippen molar-refractivity contribution >= 4 is 39.2 Å². The number of halogens is 4. The summed E-state index contributed by atoms with van der Waals surface area (Å²) < 4.78 is 69.7. The van der Waals surface area contributed by atoms with Crippen LogP contribution in [0.4, 0.5) is 13.2 Å². The molecule has 5 rings (SSSR count). The number of hydrogen-bond acceptors (Lipinski definition) is 7. The number of likely N-dealkylation sites (tertiary alicyclic amines) is 1. The first-order chi connectivity index (χ1) is 20.1. The Bertz CT molecular complexity index is 1630. The minimum atomic E-state index is -4.61. The van der Waals surface area contributed by atoms with Gasteiger partial charge in [0, 0.05) is 18.2 Å². The Hall–Kier alpha value is -3.83. The van der Waals surface area contributed by atoms with Gasteiger partial charge in [-0.25, -0.2) is 8.42 Å². The summed E-state index contributed by atoms with van der Waals surface area (Å²) in [4.78, 5) is 39.8. The molecule has 0 bridgehead atoms. The van der Waals surface area contributed by atoms with Gasteiger partial charge in [-0.15, -0.1) is 0 Å². The number of ether oxygens (including phenoxy) is 1. The highest BCUT2D eigenvalue weighted by Crippen LogP contribution is 2.51. The largest absolute Gasteiger partial charge is 0.484 e. The van der Waals surface area contributed by atoms with Gasteiger partial charge in [0.25, 0.3) is 0 Å². The summed E-state index contributed by atoms with van der Waals surface area (Å²) in [6, 6.07) is 10.0. The van der Waals surface area contributed by atoms with Gasteiger partial charge < -0.3 is 20.7 Å². The van der Waals surface area contributed by atoms with Crippen LogP contribution >= 0.6 is 11.6 Å². The molecule has 43 heavy (non-hydrogen) atoms. The van der Waals surface area contributed by atoms with Gasteiger partial charge in [-0.1, -0.05) is 23.7 Å². The summed E-state index contributed by atoms with van der Waals surface area (Å²) in [6.07, 6.45) is -3.20. The Morgan fingerprint density at radius 3 is 2.28 bits per heavy atom. The zero-order valence-corrected chi connectivity index (χ0v) is 24.1. The SMILES string of the molecule is N#CC1(NC(=O)C2CC(S(=O)(=O)c3ccc(OCC(F)(F)F)cc3Cl)CN2C(=O)C2(c3ccc(C(N)=O)cc3)CC2)CC1. The molecule has 0 aromatic heterocycles. The third-order valence-electron chi connectivity index (χ3n) is 8.09. The van der Waals surface area contributed by atoms with Crippen molar-refractivity contribution in [1.29, 1.82) is 5.26 Å².